The summed E-state index contributed by atoms with van der Waals surface area (Å²) in [6, 6.07) is 26.3. The molecule has 0 aliphatic rings. The molecule has 0 bridgehead atoms. The van der Waals surface area contributed by atoms with Gasteiger partial charge in [-0.15, -0.1) is 0 Å². The lowest BCUT2D eigenvalue weighted by molar-refractivity contribution is -0.118. The van der Waals surface area contributed by atoms with Crippen LogP contribution in [0.5, 0.6) is 0 Å². The first-order chi connectivity index (χ1) is 14.8. The van der Waals surface area contributed by atoms with Crippen LogP contribution in [0.1, 0.15) is 5.56 Å². The normalized spacial score (nSPS) is 11.6. The van der Waals surface area contributed by atoms with Crippen molar-refractivity contribution in [3.63, 3.8) is 0 Å². The van der Waals surface area contributed by atoms with Crippen molar-refractivity contribution < 1.29 is 4.79 Å². The van der Waals surface area contributed by atoms with Gasteiger partial charge in [-0.05, 0) is 39.7 Å². The van der Waals surface area contributed by atoms with Crippen molar-refractivity contribution in [1.82, 2.24) is 15.4 Å². The van der Waals surface area contributed by atoms with Crippen molar-refractivity contribution >= 4 is 56.5 Å². The molecule has 6 heteroatoms. The Morgan fingerprint density at radius 2 is 1.63 bits per heavy atom. The lowest BCUT2D eigenvalue weighted by atomic mass is 9.97. The van der Waals surface area contributed by atoms with Crippen LogP contribution in [-0.2, 0) is 4.79 Å². The Labute approximate surface area is 177 Å². The molecule has 0 saturated carbocycles. The third kappa shape index (κ3) is 3.65. The molecule has 1 aromatic heterocycles. The minimum absolute atomic E-state index is 0.179. The van der Waals surface area contributed by atoms with E-state index >= 15 is 0 Å². The van der Waals surface area contributed by atoms with Crippen LogP contribution in [0.25, 0.3) is 32.6 Å². The van der Waals surface area contributed by atoms with Crippen LogP contribution in [0.2, 0.25) is 0 Å². The number of carbonyl (C=O) groups excluding carboxylic acids is 1. The Bertz CT molecular complexity index is 1320. The number of aromatic amines is 1. The van der Waals surface area contributed by atoms with Gasteiger partial charge in [0, 0.05) is 5.56 Å². The van der Waals surface area contributed by atoms with E-state index < -0.39 is 0 Å². The van der Waals surface area contributed by atoms with Crippen LogP contribution in [-0.4, -0.2) is 27.8 Å². The number of benzene rings is 4. The first kappa shape index (κ1) is 18.4. The highest BCUT2D eigenvalue weighted by molar-refractivity contribution is 7.99. The number of nitrogens with zero attached hydrogens (tertiary/aromatic N) is 2. The van der Waals surface area contributed by atoms with Gasteiger partial charge in [-0.25, -0.2) is 10.4 Å². The Hall–Kier alpha value is -3.64. The third-order valence-corrected chi connectivity index (χ3v) is 5.78. The summed E-state index contributed by atoms with van der Waals surface area (Å²) in [5, 5.41) is 9.44. The van der Waals surface area contributed by atoms with E-state index in [1.165, 1.54) is 11.8 Å². The van der Waals surface area contributed by atoms with Crippen LogP contribution in [0.15, 0.2) is 89.1 Å². The number of amides is 1. The molecule has 1 heterocycles. The maximum absolute atomic E-state index is 12.3. The fourth-order valence-electron chi connectivity index (χ4n) is 3.52. The fourth-order valence-corrected chi connectivity index (χ4v) is 4.20. The predicted molar refractivity (Wildman–Crippen MR) is 124 cm³/mol. The monoisotopic (exact) mass is 410 g/mol. The molecule has 5 rings (SSSR count). The summed E-state index contributed by atoms with van der Waals surface area (Å²) >= 11 is 1.35. The molecule has 146 valence electrons. The lowest BCUT2D eigenvalue weighted by Crippen LogP contribution is -2.19. The summed E-state index contributed by atoms with van der Waals surface area (Å²) in [7, 11) is 0. The van der Waals surface area contributed by atoms with Crippen LogP contribution in [0.4, 0.5) is 0 Å². The highest BCUT2D eigenvalue weighted by atomic mass is 32.2. The van der Waals surface area contributed by atoms with Crippen molar-refractivity contribution in [2.24, 2.45) is 5.10 Å². The van der Waals surface area contributed by atoms with Crippen molar-refractivity contribution in [3.05, 3.63) is 84.4 Å². The number of imidazole rings is 1. The molecule has 1 amide bonds. The zero-order valence-electron chi connectivity index (χ0n) is 16.0. The highest BCUT2D eigenvalue weighted by Crippen LogP contribution is 2.27. The zero-order valence-corrected chi connectivity index (χ0v) is 16.8. The maximum atomic E-state index is 12.3. The molecule has 0 aliphatic carbocycles. The summed E-state index contributed by atoms with van der Waals surface area (Å²) < 4.78 is 0. The standard InChI is InChI=1S/C24H18N4OS/c29-23(15-30-24-26-21-11-5-6-12-22(21)27-24)28-25-14-20-18-9-3-1-7-16(18)13-17-8-2-4-10-19(17)20/h1-14H,15H2,(H,26,27)(H,28,29). The molecule has 0 saturated heterocycles. The van der Waals surface area contributed by atoms with E-state index in [1.807, 2.05) is 48.5 Å². The molecular formula is C24H18N4OS. The van der Waals surface area contributed by atoms with Crippen molar-refractivity contribution in [2.45, 2.75) is 5.16 Å². The summed E-state index contributed by atoms with van der Waals surface area (Å²) in [6.07, 6.45) is 1.73. The Morgan fingerprint density at radius 1 is 0.967 bits per heavy atom. The van der Waals surface area contributed by atoms with Gasteiger partial charge >= 0.3 is 0 Å². The van der Waals surface area contributed by atoms with Crippen molar-refractivity contribution in [1.29, 1.82) is 0 Å². The number of nitrogens with one attached hydrogen (secondary N) is 2. The molecule has 4 aromatic carbocycles. The largest absolute Gasteiger partial charge is 0.333 e. The molecule has 0 aliphatic heterocycles. The number of fused-ring (bicyclic) bond motifs is 3. The van der Waals surface area contributed by atoms with Gasteiger partial charge in [0.2, 0.25) is 0 Å². The quantitative estimate of drug-likeness (QED) is 0.183. The van der Waals surface area contributed by atoms with Crippen LogP contribution in [0.3, 0.4) is 0 Å². The smallest absolute Gasteiger partial charge is 0.250 e. The van der Waals surface area contributed by atoms with E-state index in [0.29, 0.717) is 0 Å². The fraction of sp³-hybridized carbons (Fsp3) is 0.0417. The molecule has 5 nitrogen and oxygen atoms in total. The SMILES string of the molecule is O=C(CSc1nc2ccccc2[nH]1)NN=Cc1c2ccccc2cc2ccccc12. The minimum atomic E-state index is -0.179. The van der Waals surface area contributed by atoms with Gasteiger partial charge in [0.25, 0.3) is 5.91 Å². The number of rotatable bonds is 5. The van der Waals surface area contributed by atoms with E-state index in [1.54, 1.807) is 6.21 Å². The second-order valence-corrected chi connectivity index (χ2v) is 7.84. The van der Waals surface area contributed by atoms with Gasteiger partial charge in [0.1, 0.15) is 0 Å². The van der Waals surface area contributed by atoms with Crippen molar-refractivity contribution in [2.75, 3.05) is 5.75 Å². The first-order valence-electron chi connectivity index (χ1n) is 9.58. The topological polar surface area (TPSA) is 70.1 Å². The zero-order chi connectivity index (χ0) is 20.3. The lowest BCUT2D eigenvalue weighted by Gasteiger charge is -2.07. The summed E-state index contributed by atoms with van der Waals surface area (Å²) in [5.74, 6) is 0.0502. The molecule has 0 fully saturated rings. The number of H-pyrrole nitrogens is 1. The summed E-state index contributed by atoms with van der Waals surface area (Å²) in [6.45, 7) is 0. The number of aromatic nitrogens is 2. The summed E-state index contributed by atoms with van der Waals surface area (Å²) in [5.41, 5.74) is 5.48. The number of thioether (sulfide) groups is 1. The Kier molecular flexibility index (Phi) is 4.91. The number of para-hydroxylation sites is 2. The van der Waals surface area contributed by atoms with E-state index in [2.05, 4.69) is 50.8 Å². The average Bonchev–Trinajstić information content (AvgIpc) is 3.20. The minimum Gasteiger partial charge on any atom is -0.333 e. The molecule has 30 heavy (non-hydrogen) atoms. The van der Waals surface area contributed by atoms with Gasteiger partial charge in [-0.1, -0.05) is 72.4 Å². The Morgan fingerprint density at radius 3 is 2.37 bits per heavy atom. The highest BCUT2D eigenvalue weighted by Gasteiger charge is 2.08. The molecule has 0 spiro atoms. The van der Waals surface area contributed by atoms with Gasteiger partial charge in [0.05, 0.1) is 23.0 Å². The maximum Gasteiger partial charge on any atom is 0.250 e. The van der Waals surface area contributed by atoms with E-state index in [0.717, 1.165) is 43.3 Å². The molecule has 5 aromatic rings. The van der Waals surface area contributed by atoms with Gasteiger partial charge < -0.3 is 4.98 Å². The summed E-state index contributed by atoms with van der Waals surface area (Å²) in [4.78, 5) is 19.9. The number of hydrogen-bond acceptors (Lipinski definition) is 4. The Balaban J connectivity index is 1.32. The molecule has 0 unspecified atom stereocenters. The average molecular weight is 411 g/mol. The van der Waals surface area contributed by atoms with Gasteiger partial charge in [-0.2, -0.15) is 5.10 Å². The number of hydrogen-bond donors (Lipinski definition) is 2. The van der Waals surface area contributed by atoms with Crippen LogP contribution in [0, 0.1) is 0 Å². The van der Waals surface area contributed by atoms with E-state index in [4.69, 9.17) is 0 Å². The second kappa shape index (κ2) is 8.00. The van der Waals surface area contributed by atoms with Gasteiger partial charge in [0.15, 0.2) is 5.16 Å². The predicted octanol–water partition coefficient (Wildman–Crippen LogP) is 5.11. The second-order valence-electron chi connectivity index (χ2n) is 6.87. The van der Waals surface area contributed by atoms with Crippen molar-refractivity contribution in [3.8, 4) is 0 Å². The number of carbonyl (C=O) groups is 1. The number of hydrazone groups is 1. The first-order valence-corrected chi connectivity index (χ1v) is 10.6. The van der Waals surface area contributed by atoms with Gasteiger partial charge in [-0.3, -0.25) is 4.79 Å². The molecule has 0 radical (unpaired) electrons. The third-order valence-electron chi connectivity index (χ3n) is 4.90. The van der Waals surface area contributed by atoms with E-state index in [9.17, 15) is 4.79 Å². The van der Waals surface area contributed by atoms with Crippen LogP contribution >= 0.6 is 11.8 Å². The molecular weight excluding hydrogens is 392 g/mol. The van der Waals surface area contributed by atoms with Crippen LogP contribution < -0.4 is 5.43 Å². The van der Waals surface area contributed by atoms with E-state index in [-0.39, 0.29) is 11.7 Å². The molecule has 2 N–H and O–H groups in total. The molecule has 0 atom stereocenters.